The van der Waals surface area contributed by atoms with Gasteiger partial charge in [-0.1, -0.05) is 0 Å². The van der Waals surface area contributed by atoms with Gasteiger partial charge in [-0.2, -0.15) is 0 Å². The lowest BCUT2D eigenvalue weighted by Gasteiger charge is -2.34. The molecule has 0 saturated carbocycles. The average Bonchev–Trinajstić information content (AvgIpc) is 3.56. The number of nitrogens with zero attached hydrogens (tertiary/aromatic N) is 14. The first-order chi connectivity index (χ1) is 41.6. The maximum absolute atomic E-state index is 5.76. The predicted molar refractivity (Wildman–Crippen MR) is 335 cm³/mol. The summed E-state index contributed by atoms with van der Waals surface area (Å²) in [5.74, 6) is 0. The first-order valence-corrected chi connectivity index (χ1v) is 34.4. The molecule has 0 bridgehead atoms. The number of hydrogen-bond donors (Lipinski definition) is 0. The van der Waals surface area contributed by atoms with Crippen molar-refractivity contribution < 1.29 is 37.9 Å². The van der Waals surface area contributed by atoms with E-state index in [0.29, 0.717) is 0 Å². The lowest BCUT2D eigenvalue weighted by atomic mass is 10.2. The Labute approximate surface area is 511 Å². The standard InChI is InChI=1S/C62H124N14O8/c1(9-65(15-23-69-31-47-77-48-32-69)16-24-70-33-49-78-50-34-70)5-63(6-2-10-66(17-25-71-35-51-79-52-36-71)18-26-72-37-53-80-54-38-72)13-14-64(7-3-11-67(19-27-73-39-55-81-56-40-73)20-28-74-41-57-82-58-42-74)8-4-12-68(21-29-75-43-59-83-60-44-75)22-30-76-45-61-84-62-46-76/h1-62H2. The first-order valence-electron chi connectivity index (χ1n) is 34.4. The van der Waals surface area contributed by atoms with E-state index in [2.05, 4.69) is 68.6 Å². The molecular weight excluding hydrogens is 1070 g/mol. The van der Waals surface area contributed by atoms with E-state index in [4.69, 9.17) is 37.9 Å². The topological polar surface area (TPSA) is 119 Å². The van der Waals surface area contributed by atoms with Gasteiger partial charge < -0.3 is 67.3 Å². The molecule has 0 N–H and O–H groups in total. The zero-order valence-corrected chi connectivity index (χ0v) is 53.4. The van der Waals surface area contributed by atoms with Gasteiger partial charge in [0.1, 0.15) is 0 Å². The van der Waals surface area contributed by atoms with Gasteiger partial charge >= 0.3 is 0 Å². The monoisotopic (exact) mass is 1190 g/mol. The van der Waals surface area contributed by atoms with Gasteiger partial charge in [-0.15, -0.1) is 0 Å². The second-order valence-corrected chi connectivity index (χ2v) is 25.1. The third-order valence-corrected chi connectivity index (χ3v) is 19.2. The van der Waals surface area contributed by atoms with Crippen LogP contribution in [0, 0.1) is 0 Å². The Morgan fingerprint density at radius 2 is 0.274 bits per heavy atom. The Hall–Kier alpha value is -0.880. The van der Waals surface area contributed by atoms with Crippen LogP contribution in [-0.2, 0) is 37.9 Å². The highest BCUT2D eigenvalue weighted by atomic mass is 16.5. The van der Waals surface area contributed by atoms with Crippen LogP contribution in [0.15, 0.2) is 0 Å². The second-order valence-electron chi connectivity index (χ2n) is 25.1. The van der Waals surface area contributed by atoms with E-state index >= 15 is 0 Å². The maximum Gasteiger partial charge on any atom is 0.0594 e. The summed E-state index contributed by atoms with van der Waals surface area (Å²) in [5.41, 5.74) is 0. The molecular formula is C62H124N14O8. The molecule has 22 heteroatoms. The minimum atomic E-state index is 0.863. The zero-order chi connectivity index (χ0) is 57.6. The number of rotatable bonds is 43. The highest BCUT2D eigenvalue weighted by Crippen LogP contribution is 2.11. The van der Waals surface area contributed by atoms with Crippen molar-refractivity contribution in [1.29, 1.82) is 0 Å². The Balaban J connectivity index is 0.931. The van der Waals surface area contributed by atoms with Crippen molar-refractivity contribution >= 4 is 0 Å². The number of morpholine rings is 8. The Kier molecular flexibility index (Phi) is 36.0. The molecule has 8 saturated heterocycles. The molecule has 0 atom stereocenters. The quantitative estimate of drug-likeness (QED) is 0.0744. The summed E-state index contributed by atoms with van der Waals surface area (Å²) >= 11 is 0. The fourth-order valence-corrected chi connectivity index (χ4v) is 13.2. The molecule has 8 aliphatic rings. The Morgan fingerprint density at radius 3 is 0.405 bits per heavy atom. The van der Waals surface area contributed by atoms with Gasteiger partial charge in [0.25, 0.3) is 0 Å². The fraction of sp³-hybridized carbons (Fsp3) is 1.00. The molecule has 8 aliphatic heterocycles. The van der Waals surface area contributed by atoms with Crippen LogP contribution in [0.5, 0.6) is 0 Å². The van der Waals surface area contributed by atoms with Gasteiger partial charge in [-0.05, 0) is 78.0 Å². The van der Waals surface area contributed by atoms with E-state index in [0.717, 1.165) is 381 Å². The first kappa shape index (κ1) is 69.0. The molecule has 0 aromatic rings. The van der Waals surface area contributed by atoms with Crippen LogP contribution < -0.4 is 0 Å². The molecule has 0 amide bonds. The summed E-state index contributed by atoms with van der Waals surface area (Å²) in [4.78, 5) is 37.9. The van der Waals surface area contributed by atoms with Gasteiger partial charge in [0.05, 0.1) is 106 Å². The highest BCUT2D eigenvalue weighted by Gasteiger charge is 2.22. The lowest BCUT2D eigenvalue weighted by Crippen LogP contribution is -2.46. The molecule has 0 aromatic heterocycles. The molecule has 8 heterocycles. The van der Waals surface area contributed by atoms with Gasteiger partial charge in [0.15, 0.2) is 0 Å². The molecule has 8 fully saturated rings. The van der Waals surface area contributed by atoms with Crippen molar-refractivity contribution in [3.63, 3.8) is 0 Å². The minimum absolute atomic E-state index is 0.863. The number of hydrogen-bond acceptors (Lipinski definition) is 22. The van der Waals surface area contributed by atoms with Crippen LogP contribution in [-0.4, -0.2) is 449 Å². The molecule has 0 aromatic carbocycles. The van der Waals surface area contributed by atoms with Gasteiger partial charge in [0, 0.05) is 223 Å². The molecule has 84 heavy (non-hydrogen) atoms. The van der Waals surface area contributed by atoms with Crippen LogP contribution in [0.3, 0.4) is 0 Å². The Morgan fingerprint density at radius 1 is 0.155 bits per heavy atom. The molecule has 490 valence electrons. The number of ether oxygens (including phenoxy) is 8. The van der Waals surface area contributed by atoms with E-state index in [1.54, 1.807) is 0 Å². The Bertz CT molecular complexity index is 1260. The summed E-state index contributed by atoms with van der Waals surface area (Å²) in [6.45, 7) is 60.2. The predicted octanol–water partition coefficient (Wildman–Crippen LogP) is -0.984. The smallest absolute Gasteiger partial charge is 0.0594 e. The van der Waals surface area contributed by atoms with Gasteiger partial charge in [-0.25, -0.2) is 0 Å². The molecule has 0 aliphatic carbocycles. The van der Waals surface area contributed by atoms with Crippen molar-refractivity contribution in [2.24, 2.45) is 0 Å². The van der Waals surface area contributed by atoms with Crippen molar-refractivity contribution in [2.45, 2.75) is 25.7 Å². The molecule has 0 unspecified atom stereocenters. The van der Waals surface area contributed by atoms with E-state index in [1.807, 2.05) is 0 Å². The van der Waals surface area contributed by atoms with Crippen LogP contribution >= 0.6 is 0 Å². The van der Waals surface area contributed by atoms with Crippen molar-refractivity contribution in [1.82, 2.24) is 68.6 Å². The van der Waals surface area contributed by atoms with E-state index in [-0.39, 0.29) is 0 Å². The maximum atomic E-state index is 5.76. The zero-order valence-electron chi connectivity index (χ0n) is 53.4. The normalized spacial score (nSPS) is 22.8. The third kappa shape index (κ3) is 29.8. The largest absolute Gasteiger partial charge is 0.379 e. The molecule has 0 spiro atoms. The summed E-state index contributed by atoms with van der Waals surface area (Å²) in [6, 6.07) is 0. The summed E-state index contributed by atoms with van der Waals surface area (Å²) in [6.07, 6.45) is 4.80. The van der Waals surface area contributed by atoms with Gasteiger partial charge in [0.2, 0.25) is 0 Å². The molecule has 0 radical (unpaired) electrons. The summed E-state index contributed by atoms with van der Waals surface area (Å²) < 4.78 is 46.1. The molecule has 8 rings (SSSR count). The van der Waals surface area contributed by atoms with E-state index in [9.17, 15) is 0 Å². The second kappa shape index (κ2) is 43.8. The minimum Gasteiger partial charge on any atom is -0.379 e. The van der Waals surface area contributed by atoms with E-state index in [1.165, 1.54) is 25.7 Å². The van der Waals surface area contributed by atoms with E-state index < -0.39 is 0 Å². The molecule has 22 nitrogen and oxygen atoms in total. The summed E-state index contributed by atoms with van der Waals surface area (Å²) in [5, 5.41) is 0. The van der Waals surface area contributed by atoms with Crippen LogP contribution in [0.2, 0.25) is 0 Å². The third-order valence-electron chi connectivity index (χ3n) is 19.2. The highest BCUT2D eigenvalue weighted by molar-refractivity contribution is 4.78. The van der Waals surface area contributed by atoms with Crippen molar-refractivity contribution in [3.05, 3.63) is 0 Å². The van der Waals surface area contributed by atoms with Crippen LogP contribution in [0.1, 0.15) is 25.7 Å². The lowest BCUT2D eigenvalue weighted by molar-refractivity contribution is 0.0247. The average molecular weight is 1190 g/mol. The van der Waals surface area contributed by atoms with Crippen LogP contribution in [0.25, 0.3) is 0 Å². The SMILES string of the molecule is C(CN(CCCN(CCN1CCOCC1)CCN1CCOCC1)CCN(CCCN(CCN1CCOCC1)CCN1CCOCC1)CCCN(CCN1CCOCC1)CCN1CCOCC1)CN(CCN1CCOCC1)CCN1CCOCC1. The van der Waals surface area contributed by atoms with Crippen LogP contribution in [0.4, 0.5) is 0 Å². The van der Waals surface area contributed by atoms with Crippen molar-refractivity contribution in [3.8, 4) is 0 Å². The summed E-state index contributed by atoms with van der Waals surface area (Å²) in [7, 11) is 0. The fourth-order valence-electron chi connectivity index (χ4n) is 13.2. The van der Waals surface area contributed by atoms with Crippen molar-refractivity contribution in [2.75, 3.05) is 381 Å². The van der Waals surface area contributed by atoms with Gasteiger partial charge in [-0.3, -0.25) is 39.2 Å².